The molecule has 1 aromatic rings. The molecule has 1 unspecified atom stereocenters. The molecule has 0 spiro atoms. The van der Waals surface area contributed by atoms with Crippen molar-refractivity contribution in [3.05, 3.63) is 30.1 Å². The van der Waals surface area contributed by atoms with Gasteiger partial charge in [-0.1, -0.05) is 26.0 Å². The summed E-state index contributed by atoms with van der Waals surface area (Å²) in [4.78, 5) is 16.6. The van der Waals surface area contributed by atoms with E-state index in [0.717, 1.165) is 45.3 Å². The third-order valence-electron chi connectivity index (χ3n) is 5.29. The molecular weight excluding hydrogens is 331 g/mol. The minimum absolute atomic E-state index is 0.0216. The number of likely N-dealkylation sites (tertiary alicyclic amines) is 1. The molecule has 144 valence electrons. The van der Waals surface area contributed by atoms with Crippen LogP contribution in [-0.2, 0) is 0 Å². The molecule has 2 saturated heterocycles. The average Bonchev–Trinajstić information content (AvgIpc) is 2.62. The fraction of sp³-hybridized carbons (Fsp3) is 0.650. The lowest BCUT2D eigenvalue weighted by Gasteiger charge is -2.37. The summed E-state index contributed by atoms with van der Waals surface area (Å²) in [5, 5.41) is 6.72. The van der Waals surface area contributed by atoms with Gasteiger partial charge < -0.3 is 20.4 Å². The van der Waals surface area contributed by atoms with Gasteiger partial charge in [0.25, 0.3) is 0 Å². The van der Waals surface area contributed by atoms with E-state index in [-0.39, 0.29) is 17.9 Å². The van der Waals surface area contributed by atoms with Gasteiger partial charge in [-0.05, 0) is 37.8 Å². The lowest BCUT2D eigenvalue weighted by Crippen LogP contribution is -2.54. The highest BCUT2D eigenvalue weighted by molar-refractivity contribution is 5.74. The van der Waals surface area contributed by atoms with Crippen molar-refractivity contribution in [2.45, 2.75) is 57.7 Å². The third kappa shape index (κ3) is 4.87. The Hall–Kier alpha value is -1.82. The van der Waals surface area contributed by atoms with E-state index in [4.69, 9.17) is 0 Å². The van der Waals surface area contributed by atoms with Crippen molar-refractivity contribution in [1.82, 2.24) is 15.5 Å². The van der Waals surface area contributed by atoms with Crippen molar-refractivity contribution >= 4 is 11.7 Å². The molecule has 3 rings (SSSR count). The van der Waals surface area contributed by atoms with Gasteiger partial charge in [0.1, 0.15) is 5.82 Å². The quantitative estimate of drug-likeness (QED) is 0.866. The molecule has 0 bridgehead atoms. The molecule has 1 atom stereocenters. The van der Waals surface area contributed by atoms with Crippen molar-refractivity contribution in [3.8, 4) is 0 Å². The molecule has 5 nitrogen and oxygen atoms in total. The summed E-state index contributed by atoms with van der Waals surface area (Å²) in [6.07, 6.45) is 3.90. The number of carbonyl (C=O) groups excluding carboxylic acids is 1. The number of hydrogen-bond donors (Lipinski definition) is 2. The van der Waals surface area contributed by atoms with Crippen molar-refractivity contribution in [2.24, 2.45) is 0 Å². The standard InChI is InChI=1S/C20H31FN4O/c1-15(2)22-16-9-12-24(13-10-16)20(26)23-17-6-5-11-25(14-17)19-8-4-3-7-18(19)21/h3-4,7-8,15-17,22H,5-6,9-14H2,1-2H3,(H,23,26). The Morgan fingerprint density at radius 2 is 1.85 bits per heavy atom. The van der Waals surface area contributed by atoms with Crippen LogP contribution in [0.1, 0.15) is 39.5 Å². The van der Waals surface area contributed by atoms with Crippen LogP contribution in [0.5, 0.6) is 0 Å². The molecule has 0 radical (unpaired) electrons. The first-order chi connectivity index (χ1) is 12.5. The van der Waals surface area contributed by atoms with E-state index < -0.39 is 0 Å². The first-order valence-electron chi connectivity index (χ1n) is 9.84. The van der Waals surface area contributed by atoms with Gasteiger partial charge in [-0.3, -0.25) is 0 Å². The van der Waals surface area contributed by atoms with Crippen LogP contribution in [0.2, 0.25) is 0 Å². The Balaban J connectivity index is 1.49. The smallest absolute Gasteiger partial charge is 0.317 e. The van der Waals surface area contributed by atoms with Crippen molar-refractivity contribution < 1.29 is 9.18 Å². The Morgan fingerprint density at radius 3 is 2.54 bits per heavy atom. The first kappa shape index (κ1) is 19.0. The number of piperidine rings is 2. The van der Waals surface area contributed by atoms with Crippen molar-refractivity contribution in [3.63, 3.8) is 0 Å². The maximum Gasteiger partial charge on any atom is 0.317 e. The van der Waals surface area contributed by atoms with Gasteiger partial charge in [0.15, 0.2) is 0 Å². The largest absolute Gasteiger partial charge is 0.367 e. The summed E-state index contributed by atoms with van der Waals surface area (Å²) in [6, 6.07) is 7.95. The topological polar surface area (TPSA) is 47.6 Å². The molecule has 26 heavy (non-hydrogen) atoms. The highest BCUT2D eigenvalue weighted by atomic mass is 19.1. The number of benzene rings is 1. The molecule has 1 aromatic carbocycles. The lowest BCUT2D eigenvalue weighted by atomic mass is 10.0. The number of para-hydroxylation sites is 1. The second-order valence-electron chi connectivity index (χ2n) is 7.77. The summed E-state index contributed by atoms with van der Waals surface area (Å²) in [6.45, 7) is 7.39. The Bertz CT molecular complexity index is 601. The van der Waals surface area contributed by atoms with Crippen LogP contribution in [0, 0.1) is 5.82 Å². The highest BCUT2D eigenvalue weighted by Gasteiger charge is 2.27. The summed E-state index contributed by atoms with van der Waals surface area (Å²) in [5.41, 5.74) is 0.632. The minimum atomic E-state index is -0.195. The molecule has 2 N–H and O–H groups in total. The maximum atomic E-state index is 14.0. The monoisotopic (exact) mass is 362 g/mol. The third-order valence-corrected chi connectivity index (χ3v) is 5.29. The molecule has 0 aromatic heterocycles. The summed E-state index contributed by atoms with van der Waals surface area (Å²) in [7, 11) is 0. The van der Waals surface area contributed by atoms with Gasteiger partial charge in [0.05, 0.1) is 5.69 Å². The van der Waals surface area contributed by atoms with Crippen LogP contribution >= 0.6 is 0 Å². The predicted octanol–water partition coefficient (Wildman–Crippen LogP) is 2.97. The number of urea groups is 1. The highest BCUT2D eigenvalue weighted by Crippen LogP contribution is 2.23. The molecule has 2 amide bonds. The number of halogens is 1. The Morgan fingerprint density at radius 1 is 1.12 bits per heavy atom. The second-order valence-corrected chi connectivity index (χ2v) is 7.77. The van der Waals surface area contributed by atoms with Gasteiger partial charge in [0, 0.05) is 44.3 Å². The fourth-order valence-electron chi connectivity index (χ4n) is 4.01. The van der Waals surface area contributed by atoms with E-state index in [1.54, 1.807) is 6.07 Å². The van der Waals surface area contributed by atoms with E-state index in [9.17, 15) is 9.18 Å². The van der Waals surface area contributed by atoms with Crippen LogP contribution in [0.3, 0.4) is 0 Å². The lowest BCUT2D eigenvalue weighted by molar-refractivity contribution is 0.170. The van der Waals surface area contributed by atoms with Crippen molar-refractivity contribution in [1.29, 1.82) is 0 Å². The van der Waals surface area contributed by atoms with Crippen LogP contribution in [0.4, 0.5) is 14.9 Å². The van der Waals surface area contributed by atoms with Gasteiger partial charge in [-0.25, -0.2) is 9.18 Å². The number of amides is 2. The molecule has 2 aliphatic rings. The number of rotatable bonds is 4. The number of carbonyl (C=O) groups is 1. The van der Waals surface area contributed by atoms with E-state index in [2.05, 4.69) is 24.5 Å². The number of nitrogens with one attached hydrogen (secondary N) is 2. The van der Waals surface area contributed by atoms with Crippen LogP contribution in [0.25, 0.3) is 0 Å². The van der Waals surface area contributed by atoms with Gasteiger partial charge in [0.2, 0.25) is 0 Å². The van der Waals surface area contributed by atoms with E-state index >= 15 is 0 Å². The minimum Gasteiger partial charge on any atom is -0.367 e. The molecule has 2 aliphatic heterocycles. The number of hydrogen-bond acceptors (Lipinski definition) is 3. The molecule has 6 heteroatoms. The van der Waals surface area contributed by atoms with Crippen LogP contribution in [0.15, 0.2) is 24.3 Å². The first-order valence-corrected chi connectivity index (χ1v) is 9.84. The predicted molar refractivity (Wildman–Crippen MR) is 103 cm³/mol. The molecule has 2 fully saturated rings. The van der Waals surface area contributed by atoms with E-state index in [1.807, 2.05) is 21.9 Å². The van der Waals surface area contributed by atoms with Crippen LogP contribution in [-0.4, -0.2) is 55.2 Å². The molecule has 0 saturated carbocycles. The molecule has 2 heterocycles. The summed E-state index contributed by atoms with van der Waals surface area (Å²) < 4.78 is 14.0. The number of nitrogens with zero attached hydrogens (tertiary/aromatic N) is 2. The maximum absolute atomic E-state index is 14.0. The van der Waals surface area contributed by atoms with Gasteiger partial charge in [-0.2, -0.15) is 0 Å². The van der Waals surface area contributed by atoms with Crippen molar-refractivity contribution in [2.75, 3.05) is 31.1 Å². The van der Waals surface area contributed by atoms with Gasteiger partial charge in [-0.15, -0.1) is 0 Å². The fourth-order valence-corrected chi connectivity index (χ4v) is 4.01. The number of anilines is 1. The van der Waals surface area contributed by atoms with E-state index in [0.29, 0.717) is 24.3 Å². The Labute approximate surface area is 155 Å². The van der Waals surface area contributed by atoms with E-state index in [1.165, 1.54) is 6.07 Å². The zero-order valence-electron chi connectivity index (χ0n) is 15.9. The SMILES string of the molecule is CC(C)NC1CCN(C(=O)NC2CCCN(c3ccccc3F)C2)CC1. The zero-order chi connectivity index (χ0) is 18.5. The molecular formula is C20H31FN4O. The zero-order valence-corrected chi connectivity index (χ0v) is 15.9. The Kier molecular flexibility index (Phi) is 6.35. The normalized spacial score (nSPS) is 21.9. The van der Waals surface area contributed by atoms with Crippen LogP contribution < -0.4 is 15.5 Å². The van der Waals surface area contributed by atoms with Gasteiger partial charge >= 0.3 is 6.03 Å². The average molecular weight is 362 g/mol. The summed E-state index contributed by atoms with van der Waals surface area (Å²) in [5.74, 6) is -0.195. The molecule has 0 aliphatic carbocycles. The second kappa shape index (κ2) is 8.71. The summed E-state index contributed by atoms with van der Waals surface area (Å²) >= 11 is 0.